The topological polar surface area (TPSA) is 71.8 Å². The van der Waals surface area contributed by atoms with Crippen LogP contribution in [0.5, 0.6) is 5.75 Å². The minimum absolute atomic E-state index is 0.0200. The van der Waals surface area contributed by atoms with Crippen molar-refractivity contribution in [3.8, 4) is 5.75 Å². The minimum atomic E-state index is -0.327. The number of hydrogen-bond donors (Lipinski definition) is 1. The van der Waals surface area contributed by atoms with Crippen molar-refractivity contribution in [3.05, 3.63) is 52.8 Å². The van der Waals surface area contributed by atoms with Crippen LogP contribution in [0.4, 0.5) is 11.4 Å². The van der Waals surface area contributed by atoms with Crippen LogP contribution in [-0.4, -0.2) is 25.5 Å². The lowest BCUT2D eigenvalue weighted by molar-refractivity contribution is -0.120. The van der Waals surface area contributed by atoms with Gasteiger partial charge in [0.15, 0.2) is 12.4 Å². The summed E-state index contributed by atoms with van der Waals surface area (Å²) in [6.45, 7) is 5.90. The van der Waals surface area contributed by atoms with Gasteiger partial charge in [0.1, 0.15) is 11.3 Å². The maximum absolute atomic E-state index is 12.8. The highest BCUT2D eigenvalue weighted by atomic mass is 16.5. The third-order valence-corrected chi connectivity index (χ3v) is 5.14. The van der Waals surface area contributed by atoms with Gasteiger partial charge in [-0.1, -0.05) is 12.1 Å². The third kappa shape index (κ3) is 2.73. The number of ether oxygens (including phenoxy) is 1. The van der Waals surface area contributed by atoms with Gasteiger partial charge in [-0.25, -0.2) is 0 Å². The quantitative estimate of drug-likeness (QED) is 0.747. The lowest BCUT2D eigenvalue weighted by Gasteiger charge is -2.26. The van der Waals surface area contributed by atoms with Crippen LogP contribution in [0.3, 0.4) is 0 Å². The number of nitrogens with zero attached hydrogens (tertiary/aromatic N) is 1. The number of likely N-dealkylation sites (N-methyl/N-ethyl adjacent to an activating group) is 1. The Morgan fingerprint density at radius 2 is 1.89 bits per heavy atom. The molecule has 6 nitrogen and oxygen atoms in total. The summed E-state index contributed by atoms with van der Waals surface area (Å²) >= 11 is 0. The molecule has 2 heterocycles. The zero-order valence-corrected chi connectivity index (χ0v) is 15.7. The van der Waals surface area contributed by atoms with Gasteiger partial charge in [-0.3, -0.25) is 9.59 Å². The second-order valence-electron chi connectivity index (χ2n) is 6.82. The molecule has 0 atom stereocenters. The van der Waals surface area contributed by atoms with E-state index in [2.05, 4.69) is 5.32 Å². The van der Waals surface area contributed by atoms with E-state index in [0.717, 1.165) is 27.7 Å². The summed E-state index contributed by atoms with van der Waals surface area (Å²) in [5, 5.41) is 3.79. The standard InChI is InChI=1S/C21H20N2O4/c1-11-5-7-15-13(3)20(27-19(15)12(11)2)21(25)22-14-6-8-17-16(9-14)23(4)18(24)10-26-17/h5-9H,10H2,1-4H3,(H,22,25). The number of amides is 2. The molecule has 0 aliphatic carbocycles. The van der Waals surface area contributed by atoms with Crippen LogP contribution in [0, 0.1) is 20.8 Å². The third-order valence-electron chi connectivity index (χ3n) is 5.14. The Labute approximate surface area is 156 Å². The summed E-state index contributed by atoms with van der Waals surface area (Å²) in [4.78, 5) is 26.1. The van der Waals surface area contributed by atoms with Crippen molar-refractivity contribution in [2.24, 2.45) is 0 Å². The first kappa shape index (κ1) is 17.1. The summed E-state index contributed by atoms with van der Waals surface area (Å²) in [7, 11) is 1.68. The molecule has 0 radical (unpaired) electrons. The maximum Gasteiger partial charge on any atom is 0.291 e. The van der Waals surface area contributed by atoms with Crippen LogP contribution in [0.1, 0.15) is 27.2 Å². The molecule has 27 heavy (non-hydrogen) atoms. The Hall–Kier alpha value is -3.28. The molecule has 3 aromatic rings. The van der Waals surface area contributed by atoms with Crippen LogP contribution in [0.25, 0.3) is 11.0 Å². The van der Waals surface area contributed by atoms with Crippen LogP contribution in [0.2, 0.25) is 0 Å². The Bertz CT molecular complexity index is 1100. The lowest BCUT2D eigenvalue weighted by atomic mass is 10.0. The molecule has 2 aromatic carbocycles. The van der Waals surface area contributed by atoms with Crippen LogP contribution in [-0.2, 0) is 4.79 Å². The van der Waals surface area contributed by atoms with E-state index in [0.29, 0.717) is 17.1 Å². The van der Waals surface area contributed by atoms with E-state index >= 15 is 0 Å². The van der Waals surface area contributed by atoms with Crippen molar-refractivity contribution in [1.29, 1.82) is 0 Å². The molecular formula is C21H20N2O4. The van der Waals surface area contributed by atoms with E-state index in [1.165, 1.54) is 4.90 Å². The summed E-state index contributed by atoms with van der Waals surface area (Å²) < 4.78 is 11.3. The summed E-state index contributed by atoms with van der Waals surface area (Å²) in [5.41, 5.74) is 4.88. The van der Waals surface area contributed by atoms with Gasteiger partial charge in [-0.05, 0) is 50.1 Å². The molecule has 0 fully saturated rings. The Morgan fingerprint density at radius 3 is 2.67 bits per heavy atom. The number of furan rings is 1. The Morgan fingerprint density at radius 1 is 1.11 bits per heavy atom. The number of carbonyl (C=O) groups excluding carboxylic acids is 2. The first-order valence-electron chi connectivity index (χ1n) is 8.71. The van der Waals surface area contributed by atoms with E-state index in [-0.39, 0.29) is 24.2 Å². The first-order chi connectivity index (χ1) is 12.9. The maximum atomic E-state index is 12.8. The number of nitrogens with one attached hydrogen (secondary N) is 1. The molecule has 0 spiro atoms. The molecule has 1 aromatic heterocycles. The van der Waals surface area contributed by atoms with E-state index in [1.54, 1.807) is 25.2 Å². The Kier molecular flexibility index (Phi) is 3.91. The van der Waals surface area contributed by atoms with Crippen molar-refractivity contribution in [2.45, 2.75) is 20.8 Å². The summed E-state index contributed by atoms with van der Waals surface area (Å²) in [6.07, 6.45) is 0. The zero-order valence-electron chi connectivity index (χ0n) is 15.7. The van der Waals surface area contributed by atoms with E-state index in [9.17, 15) is 9.59 Å². The van der Waals surface area contributed by atoms with Gasteiger partial charge in [0.2, 0.25) is 0 Å². The van der Waals surface area contributed by atoms with Gasteiger partial charge in [-0.2, -0.15) is 0 Å². The van der Waals surface area contributed by atoms with Gasteiger partial charge >= 0.3 is 0 Å². The molecule has 2 amide bonds. The second kappa shape index (κ2) is 6.16. The molecule has 138 valence electrons. The monoisotopic (exact) mass is 364 g/mol. The van der Waals surface area contributed by atoms with Gasteiger partial charge in [0.25, 0.3) is 11.8 Å². The SMILES string of the molecule is Cc1ccc2c(C)c(C(=O)Nc3ccc4c(c3)N(C)C(=O)CO4)oc2c1C. The number of fused-ring (bicyclic) bond motifs is 2. The van der Waals surface area contributed by atoms with Crippen molar-refractivity contribution in [3.63, 3.8) is 0 Å². The number of aryl methyl sites for hydroxylation is 3. The fraction of sp³-hybridized carbons (Fsp3) is 0.238. The fourth-order valence-electron chi connectivity index (χ4n) is 3.27. The van der Waals surface area contributed by atoms with Crippen molar-refractivity contribution >= 4 is 34.2 Å². The number of benzene rings is 2. The van der Waals surface area contributed by atoms with Gasteiger partial charge in [-0.15, -0.1) is 0 Å². The van der Waals surface area contributed by atoms with Crippen molar-refractivity contribution < 1.29 is 18.7 Å². The van der Waals surface area contributed by atoms with Gasteiger partial charge in [0, 0.05) is 23.7 Å². The Balaban J connectivity index is 1.67. The molecule has 0 saturated heterocycles. The highest BCUT2D eigenvalue weighted by molar-refractivity contribution is 6.07. The van der Waals surface area contributed by atoms with E-state index in [4.69, 9.17) is 9.15 Å². The smallest absolute Gasteiger partial charge is 0.291 e. The second-order valence-corrected chi connectivity index (χ2v) is 6.82. The molecule has 0 unspecified atom stereocenters. The molecule has 0 saturated carbocycles. The molecule has 1 aliphatic heterocycles. The minimum Gasteiger partial charge on any atom is -0.482 e. The van der Waals surface area contributed by atoms with Crippen molar-refractivity contribution in [2.75, 3.05) is 23.9 Å². The average molecular weight is 364 g/mol. The van der Waals surface area contributed by atoms with E-state index in [1.807, 2.05) is 32.9 Å². The summed E-state index contributed by atoms with van der Waals surface area (Å²) in [6, 6.07) is 9.21. The summed E-state index contributed by atoms with van der Waals surface area (Å²) in [5.74, 6) is 0.439. The average Bonchev–Trinajstić information content (AvgIpc) is 2.99. The number of rotatable bonds is 2. The molecule has 6 heteroatoms. The predicted octanol–water partition coefficient (Wildman–Crippen LogP) is 3.97. The molecule has 1 N–H and O–H groups in total. The molecule has 4 rings (SSSR count). The molecule has 0 bridgehead atoms. The van der Waals surface area contributed by atoms with Crippen molar-refractivity contribution in [1.82, 2.24) is 0 Å². The normalized spacial score (nSPS) is 13.5. The highest BCUT2D eigenvalue weighted by Crippen LogP contribution is 2.34. The molecule has 1 aliphatic rings. The van der Waals surface area contributed by atoms with Gasteiger partial charge < -0.3 is 19.4 Å². The lowest BCUT2D eigenvalue weighted by Crippen LogP contribution is -2.35. The highest BCUT2D eigenvalue weighted by Gasteiger charge is 2.24. The number of carbonyl (C=O) groups is 2. The first-order valence-corrected chi connectivity index (χ1v) is 8.71. The zero-order chi connectivity index (χ0) is 19.3. The number of anilines is 2. The number of hydrogen-bond acceptors (Lipinski definition) is 4. The predicted molar refractivity (Wildman–Crippen MR) is 104 cm³/mol. The van der Waals surface area contributed by atoms with Crippen LogP contribution in [0.15, 0.2) is 34.7 Å². The molecular weight excluding hydrogens is 344 g/mol. The van der Waals surface area contributed by atoms with Crippen LogP contribution >= 0.6 is 0 Å². The van der Waals surface area contributed by atoms with Gasteiger partial charge in [0.05, 0.1) is 5.69 Å². The fourth-order valence-corrected chi connectivity index (χ4v) is 3.27. The van der Waals surface area contributed by atoms with Crippen LogP contribution < -0.4 is 15.0 Å². The largest absolute Gasteiger partial charge is 0.482 e. The van der Waals surface area contributed by atoms with E-state index < -0.39 is 0 Å².